The Balaban J connectivity index is 1.97. The second-order valence-electron chi connectivity index (χ2n) is 3.67. The van der Waals surface area contributed by atoms with Gasteiger partial charge in [0, 0.05) is 5.69 Å². The highest BCUT2D eigenvalue weighted by molar-refractivity contribution is 5.39. The summed E-state index contributed by atoms with van der Waals surface area (Å²) in [5.74, 6) is 0.851. The zero-order valence-electron chi connectivity index (χ0n) is 9.02. The molecule has 2 nitrogen and oxygen atoms in total. The Morgan fingerprint density at radius 2 is 1.56 bits per heavy atom. The molecule has 2 heteroatoms. The van der Waals surface area contributed by atoms with Crippen molar-refractivity contribution < 1.29 is 4.74 Å². The first kappa shape index (κ1) is 10.6. The molecule has 0 aliphatic heterocycles. The first-order valence-electron chi connectivity index (χ1n) is 5.13. The van der Waals surface area contributed by atoms with E-state index in [2.05, 4.69) is 6.92 Å². The minimum Gasteiger partial charge on any atom is -0.489 e. The number of hydrogen-bond donors (Lipinski definition) is 1. The molecular formula is C14H14NO. The van der Waals surface area contributed by atoms with Gasteiger partial charge in [0.05, 0.1) is 0 Å². The average molecular weight is 212 g/mol. The second kappa shape index (κ2) is 4.71. The predicted molar refractivity (Wildman–Crippen MR) is 66.1 cm³/mol. The topological polar surface area (TPSA) is 35.2 Å². The Hall–Kier alpha value is -1.96. The van der Waals surface area contributed by atoms with Gasteiger partial charge in [-0.25, -0.2) is 0 Å². The fourth-order valence-corrected chi connectivity index (χ4v) is 1.37. The van der Waals surface area contributed by atoms with Crippen molar-refractivity contribution >= 4 is 5.69 Å². The molecule has 0 saturated carbocycles. The molecule has 0 amide bonds. The molecule has 2 aromatic rings. The van der Waals surface area contributed by atoms with Gasteiger partial charge in [0.2, 0.25) is 0 Å². The van der Waals surface area contributed by atoms with Crippen molar-refractivity contribution in [2.45, 2.75) is 6.61 Å². The molecule has 0 heterocycles. The summed E-state index contributed by atoms with van der Waals surface area (Å²) >= 11 is 0. The Morgan fingerprint density at radius 1 is 0.938 bits per heavy atom. The number of hydrogen-bond acceptors (Lipinski definition) is 2. The normalized spacial score (nSPS) is 10.1. The van der Waals surface area contributed by atoms with E-state index >= 15 is 0 Å². The molecule has 0 fully saturated rings. The van der Waals surface area contributed by atoms with E-state index in [4.69, 9.17) is 10.5 Å². The number of nitrogens with two attached hydrogens (primary N) is 1. The van der Waals surface area contributed by atoms with Crippen molar-refractivity contribution in [3.05, 3.63) is 66.6 Å². The lowest BCUT2D eigenvalue weighted by atomic mass is 10.2. The lowest BCUT2D eigenvalue weighted by Crippen LogP contribution is -1.95. The van der Waals surface area contributed by atoms with Crippen LogP contribution in [0.5, 0.6) is 5.75 Å². The van der Waals surface area contributed by atoms with E-state index in [-0.39, 0.29) is 0 Å². The van der Waals surface area contributed by atoms with Gasteiger partial charge in [-0.15, -0.1) is 0 Å². The highest BCUT2D eigenvalue weighted by atomic mass is 16.5. The molecule has 0 atom stereocenters. The fraction of sp³-hybridized carbons (Fsp3) is 0.0714. The molecule has 0 aromatic heterocycles. The maximum atomic E-state index is 5.62. The van der Waals surface area contributed by atoms with Gasteiger partial charge >= 0.3 is 0 Å². The Kier molecular flexibility index (Phi) is 3.10. The monoisotopic (exact) mass is 212 g/mol. The van der Waals surface area contributed by atoms with Gasteiger partial charge in [0.15, 0.2) is 0 Å². The molecule has 0 saturated heterocycles. The van der Waals surface area contributed by atoms with E-state index < -0.39 is 0 Å². The standard InChI is InChI=1S/C14H14NO/c1-11-2-8-14(9-3-11)16-10-12-4-6-13(15)7-5-12/h2-9H,1,10,15H2. The van der Waals surface area contributed by atoms with Crippen LogP contribution in [0.4, 0.5) is 5.69 Å². The van der Waals surface area contributed by atoms with Crippen molar-refractivity contribution in [2.24, 2.45) is 0 Å². The third-order valence-corrected chi connectivity index (χ3v) is 2.31. The quantitative estimate of drug-likeness (QED) is 0.794. The van der Waals surface area contributed by atoms with Gasteiger partial charge in [0.1, 0.15) is 12.4 Å². The number of nitrogen functional groups attached to an aromatic ring is 1. The van der Waals surface area contributed by atoms with Crippen LogP contribution in [0.2, 0.25) is 0 Å². The molecule has 0 bridgehead atoms. The largest absolute Gasteiger partial charge is 0.489 e. The summed E-state index contributed by atoms with van der Waals surface area (Å²) in [6.07, 6.45) is 0. The minimum absolute atomic E-state index is 0.552. The van der Waals surface area contributed by atoms with Gasteiger partial charge < -0.3 is 10.5 Å². The van der Waals surface area contributed by atoms with Gasteiger partial charge in [-0.3, -0.25) is 0 Å². The van der Waals surface area contributed by atoms with Gasteiger partial charge in [-0.1, -0.05) is 24.3 Å². The first-order chi connectivity index (χ1) is 7.74. The number of anilines is 1. The Labute approximate surface area is 95.7 Å². The van der Waals surface area contributed by atoms with Crippen molar-refractivity contribution in [1.29, 1.82) is 0 Å². The zero-order chi connectivity index (χ0) is 11.4. The van der Waals surface area contributed by atoms with E-state index in [9.17, 15) is 0 Å². The summed E-state index contributed by atoms with van der Waals surface area (Å²) in [4.78, 5) is 0. The van der Waals surface area contributed by atoms with Gasteiger partial charge in [0.25, 0.3) is 0 Å². The Morgan fingerprint density at radius 3 is 2.19 bits per heavy atom. The molecule has 1 radical (unpaired) electrons. The molecule has 16 heavy (non-hydrogen) atoms. The summed E-state index contributed by atoms with van der Waals surface area (Å²) in [5.41, 5.74) is 8.46. The average Bonchev–Trinajstić information content (AvgIpc) is 2.30. The fourth-order valence-electron chi connectivity index (χ4n) is 1.37. The number of ether oxygens (including phenoxy) is 1. The van der Waals surface area contributed by atoms with E-state index in [0.29, 0.717) is 6.61 Å². The lowest BCUT2D eigenvalue weighted by molar-refractivity contribution is 0.306. The van der Waals surface area contributed by atoms with Crippen LogP contribution >= 0.6 is 0 Å². The maximum absolute atomic E-state index is 5.62. The van der Waals surface area contributed by atoms with Crippen LogP contribution in [0.15, 0.2) is 48.5 Å². The molecule has 0 unspecified atom stereocenters. The second-order valence-corrected chi connectivity index (χ2v) is 3.67. The smallest absolute Gasteiger partial charge is 0.119 e. The van der Waals surface area contributed by atoms with Gasteiger partial charge in [-0.2, -0.15) is 0 Å². The molecule has 0 spiro atoms. The molecule has 2 aromatic carbocycles. The van der Waals surface area contributed by atoms with E-state index in [1.807, 2.05) is 48.5 Å². The molecular weight excluding hydrogens is 198 g/mol. The van der Waals surface area contributed by atoms with E-state index in [1.165, 1.54) is 0 Å². The predicted octanol–water partition coefficient (Wildman–Crippen LogP) is 3.03. The van der Waals surface area contributed by atoms with Crippen LogP contribution in [0, 0.1) is 6.92 Å². The number of rotatable bonds is 3. The maximum Gasteiger partial charge on any atom is 0.119 e. The van der Waals surface area contributed by atoms with Crippen LogP contribution in [0.25, 0.3) is 0 Å². The highest BCUT2D eigenvalue weighted by Crippen LogP contribution is 2.14. The third kappa shape index (κ3) is 2.76. The van der Waals surface area contributed by atoms with Crippen molar-refractivity contribution in [3.8, 4) is 5.75 Å². The molecule has 0 aliphatic carbocycles. The molecule has 2 N–H and O–H groups in total. The minimum atomic E-state index is 0.552. The molecule has 81 valence electrons. The van der Waals surface area contributed by atoms with Crippen molar-refractivity contribution in [1.82, 2.24) is 0 Å². The van der Waals surface area contributed by atoms with E-state index in [0.717, 1.165) is 22.6 Å². The van der Waals surface area contributed by atoms with Gasteiger partial charge in [-0.05, 0) is 42.3 Å². The van der Waals surface area contributed by atoms with Crippen molar-refractivity contribution in [3.63, 3.8) is 0 Å². The summed E-state index contributed by atoms with van der Waals surface area (Å²) in [6.45, 7) is 4.37. The van der Waals surface area contributed by atoms with Crippen molar-refractivity contribution in [2.75, 3.05) is 5.73 Å². The van der Waals surface area contributed by atoms with Crippen LogP contribution < -0.4 is 10.5 Å². The zero-order valence-corrected chi connectivity index (χ0v) is 9.02. The highest BCUT2D eigenvalue weighted by Gasteiger charge is 1.95. The Bertz CT molecular complexity index is 400. The van der Waals surface area contributed by atoms with Crippen LogP contribution in [-0.2, 0) is 6.61 Å². The summed E-state index contributed by atoms with van der Waals surface area (Å²) in [5, 5.41) is 0. The van der Waals surface area contributed by atoms with E-state index in [1.54, 1.807) is 0 Å². The third-order valence-electron chi connectivity index (χ3n) is 2.31. The molecule has 0 aliphatic rings. The molecule has 2 rings (SSSR count). The summed E-state index contributed by atoms with van der Waals surface area (Å²) in [6, 6.07) is 15.4. The first-order valence-corrected chi connectivity index (χ1v) is 5.13. The van der Waals surface area contributed by atoms with Crippen LogP contribution in [-0.4, -0.2) is 0 Å². The van der Waals surface area contributed by atoms with Crippen LogP contribution in [0.1, 0.15) is 11.1 Å². The lowest BCUT2D eigenvalue weighted by Gasteiger charge is -2.06. The number of benzene rings is 2. The van der Waals surface area contributed by atoms with Crippen LogP contribution in [0.3, 0.4) is 0 Å². The summed E-state index contributed by atoms with van der Waals surface area (Å²) in [7, 11) is 0. The summed E-state index contributed by atoms with van der Waals surface area (Å²) < 4.78 is 5.62. The SMILES string of the molecule is [CH2]c1ccc(OCc2ccc(N)cc2)cc1.